The van der Waals surface area contributed by atoms with Gasteiger partial charge in [-0.3, -0.25) is 9.59 Å². The van der Waals surface area contributed by atoms with Gasteiger partial charge in [-0.25, -0.2) is 0 Å². The first-order valence-electron chi connectivity index (χ1n) is 15.2. The summed E-state index contributed by atoms with van der Waals surface area (Å²) in [5, 5.41) is 9.40. The van der Waals surface area contributed by atoms with E-state index < -0.39 is 0 Å². The van der Waals surface area contributed by atoms with Crippen LogP contribution in [0.5, 0.6) is 0 Å². The highest BCUT2D eigenvalue weighted by molar-refractivity contribution is 6.23. The molecule has 0 N–H and O–H groups in total. The fourth-order valence-corrected chi connectivity index (χ4v) is 7.61. The Hall–Kier alpha value is -4.96. The van der Waals surface area contributed by atoms with Crippen molar-refractivity contribution in [3.8, 4) is 0 Å². The molecule has 0 saturated heterocycles. The molecule has 214 valence electrons. The topological polar surface area (TPSA) is 43.0 Å². The van der Waals surface area contributed by atoms with Crippen molar-refractivity contribution in [2.45, 2.75) is 52.4 Å². The van der Waals surface area contributed by atoms with E-state index >= 15 is 0 Å². The van der Waals surface area contributed by atoms with Crippen molar-refractivity contribution in [3.05, 3.63) is 103 Å². The summed E-state index contributed by atoms with van der Waals surface area (Å²) in [6.45, 7) is 21.9. The van der Waals surface area contributed by atoms with Gasteiger partial charge in [0.1, 0.15) is 0 Å². The van der Waals surface area contributed by atoms with Crippen LogP contribution in [0, 0.1) is 0 Å². The van der Waals surface area contributed by atoms with Gasteiger partial charge in [-0.2, -0.15) is 0 Å². The predicted molar refractivity (Wildman–Crippen MR) is 187 cm³/mol. The van der Waals surface area contributed by atoms with Gasteiger partial charge >= 0.3 is 0 Å². The van der Waals surface area contributed by atoms with Gasteiger partial charge in [0, 0.05) is 55.2 Å². The Labute approximate surface area is 252 Å². The minimum Gasteiger partial charge on any atom is -0.308 e. The molecule has 0 aliphatic heterocycles. The summed E-state index contributed by atoms with van der Waals surface area (Å²) in [4.78, 5) is 27.5. The Bertz CT molecular complexity index is 2590. The van der Waals surface area contributed by atoms with E-state index in [9.17, 15) is 9.59 Å². The number of hydrogen-bond donors (Lipinski definition) is 0. The maximum atomic E-state index is 13.8. The van der Waals surface area contributed by atoms with Crippen molar-refractivity contribution in [2.75, 3.05) is 0 Å². The molecule has 0 amide bonds. The fourth-order valence-electron chi connectivity index (χ4n) is 7.61. The van der Waals surface area contributed by atoms with E-state index in [0.29, 0.717) is 0 Å². The van der Waals surface area contributed by atoms with Crippen molar-refractivity contribution >= 4 is 89.3 Å². The summed E-state index contributed by atoms with van der Waals surface area (Å²) >= 11 is 0. The van der Waals surface area contributed by atoms with Crippen molar-refractivity contribution < 1.29 is 0 Å². The maximum absolute atomic E-state index is 13.8. The molecule has 6 heterocycles. The second-order valence-corrected chi connectivity index (χ2v) is 14.9. The number of aromatic nitrogens is 2. The van der Waals surface area contributed by atoms with E-state index in [0.717, 1.165) is 97.8 Å². The first-order valence-corrected chi connectivity index (χ1v) is 15.2. The monoisotopic (exact) mass is 572 g/mol. The second-order valence-electron chi connectivity index (χ2n) is 14.9. The van der Waals surface area contributed by atoms with Crippen molar-refractivity contribution in [1.82, 2.24) is 8.80 Å². The summed E-state index contributed by atoms with van der Waals surface area (Å²) in [6, 6.07) is 20.8. The molecule has 0 unspecified atom stereocenters. The van der Waals surface area contributed by atoms with Crippen LogP contribution in [0.25, 0.3) is 89.3 Å². The Balaban J connectivity index is 1.49. The van der Waals surface area contributed by atoms with E-state index in [1.807, 2.05) is 0 Å². The van der Waals surface area contributed by atoms with Crippen LogP contribution in [-0.2, 0) is 10.8 Å². The lowest BCUT2D eigenvalue weighted by Gasteiger charge is -2.21. The Morgan fingerprint density at radius 2 is 0.750 bits per heavy atom. The number of rotatable bonds is 0. The van der Waals surface area contributed by atoms with Crippen LogP contribution in [0.2, 0.25) is 0 Å². The van der Waals surface area contributed by atoms with E-state index in [4.69, 9.17) is 0 Å². The van der Waals surface area contributed by atoms with Crippen LogP contribution >= 0.6 is 0 Å². The largest absolute Gasteiger partial charge is 0.308 e. The lowest BCUT2D eigenvalue weighted by Crippen LogP contribution is -2.16. The third kappa shape index (κ3) is 2.98. The lowest BCUT2D eigenvalue weighted by atomic mass is 9.85. The molecule has 0 aliphatic rings. The number of hydrogen-bond acceptors (Lipinski definition) is 2. The van der Waals surface area contributed by atoms with Gasteiger partial charge in [0.05, 0.1) is 33.1 Å². The highest BCUT2D eigenvalue weighted by atomic mass is 16.1. The normalized spacial score (nSPS) is 13.6. The van der Waals surface area contributed by atoms with E-state index in [2.05, 4.69) is 112 Å². The van der Waals surface area contributed by atoms with Crippen LogP contribution in [0.4, 0.5) is 0 Å². The molecule has 4 heteroatoms. The molecule has 0 aliphatic carbocycles. The smallest absolute Gasteiger partial charge is 0.190 e. The van der Waals surface area contributed by atoms with Gasteiger partial charge in [0.15, 0.2) is 10.9 Å². The summed E-state index contributed by atoms with van der Waals surface area (Å²) in [5.41, 5.74) is 7.74. The highest BCUT2D eigenvalue weighted by Crippen LogP contribution is 2.40. The Morgan fingerprint density at radius 1 is 0.432 bits per heavy atom. The number of nitrogens with zero attached hydrogens (tertiary/aromatic N) is 2. The summed E-state index contributed by atoms with van der Waals surface area (Å²) in [7, 11) is 0. The summed E-state index contributed by atoms with van der Waals surface area (Å²) in [5.74, 6) is 0. The molecule has 6 aromatic heterocycles. The van der Waals surface area contributed by atoms with Crippen LogP contribution < -0.4 is 21.3 Å². The van der Waals surface area contributed by atoms with Crippen molar-refractivity contribution in [2.24, 2.45) is 0 Å². The van der Waals surface area contributed by atoms with Crippen LogP contribution in [-0.4, -0.2) is 8.80 Å². The van der Waals surface area contributed by atoms with Gasteiger partial charge < -0.3 is 8.80 Å². The molecule has 9 aromatic rings. The average Bonchev–Trinajstić information content (AvgIpc) is 3.42. The highest BCUT2D eigenvalue weighted by Gasteiger charge is 2.24. The molecule has 0 bridgehead atoms. The SMILES string of the molecule is C=c1cc2c3cc4c(cc3c3cc(=O)c5cc(C(C)(C)C)cc1c5n23)c1cc(=O)c2cc(C(C)(C)C)cc3c(=C)cc4n1c32. The molecule has 9 rings (SSSR count). The van der Waals surface area contributed by atoms with E-state index in [1.54, 1.807) is 12.1 Å². The number of fused-ring (bicyclic) bond motifs is 6. The predicted octanol–water partition coefficient (Wildman–Crippen LogP) is 7.56. The zero-order valence-corrected chi connectivity index (χ0v) is 25.9. The standard InChI is InChI=1S/C40H32N2O2/c1-19-9-31-25-15-26-28(16-27(25)33-17-35(43)29-13-21(39(3,4)5)11-23(19)37(29)41(31)33)34-18-36(44)30-14-22(40(6,7)8)12-24-20(2)10-32(26)42(34)38(24)30/h9-18H,1-2H2,3-8H3. The van der Waals surface area contributed by atoms with Gasteiger partial charge in [-0.05, 0) is 80.9 Å². The first kappa shape index (κ1) is 25.5. The summed E-state index contributed by atoms with van der Waals surface area (Å²) in [6.07, 6.45) is 0. The third-order valence-electron chi connectivity index (χ3n) is 10.0. The van der Waals surface area contributed by atoms with Crippen molar-refractivity contribution in [3.63, 3.8) is 0 Å². The quantitative estimate of drug-likeness (QED) is 0.188. The van der Waals surface area contributed by atoms with Crippen molar-refractivity contribution in [1.29, 1.82) is 0 Å². The minimum absolute atomic E-state index is 0.0118. The Kier molecular flexibility index (Phi) is 4.39. The molecule has 0 atom stereocenters. The summed E-state index contributed by atoms with van der Waals surface area (Å²) < 4.78 is 4.47. The number of pyridine rings is 4. The molecule has 0 spiro atoms. The molecule has 4 nitrogen and oxygen atoms in total. The Morgan fingerprint density at radius 3 is 1.09 bits per heavy atom. The van der Waals surface area contributed by atoms with Crippen LogP contribution in [0.15, 0.2) is 70.3 Å². The molecular weight excluding hydrogens is 540 g/mol. The van der Waals surface area contributed by atoms with Crippen LogP contribution in [0.1, 0.15) is 52.7 Å². The second kappa shape index (κ2) is 7.57. The van der Waals surface area contributed by atoms with E-state index in [1.165, 1.54) is 0 Å². The molecule has 0 fully saturated rings. The first-order chi connectivity index (χ1) is 20.7. The zero-order chi connectivity index (χ0) is 30.8. The van der Waals surface area contributed by atoms with Gasteiger partial charge in [-0.15, -0.1) is 0 Å². The van der Waals surface area contributed by atoms with Gasteiger partial charge in [-0.1, -0.05) is 54.7 Å². The molecular formula is C40H32N2O2. The molecule has 44 heavy (non-hydrogen) atoms. The fraction of sp³-hybridized carbons (Fsp3) is 0.200. The van der Waals surface area contributed by atoms with Crippen LogP contribution in [0.3, 0.4) is 0 Å². The minimum atomic E-state index is -0.101. The van der Waals surface area contributed by atoms with Gasteiger partial charge in [0.25, 0.3) is 0 Å². The number of benzene rings is 3. The average molecular weight is 573 g/mol. The molecule has 0 saturated carbocycles. The third-order valence-corrected chi connectivity index (χ3v) is 10.0. The maximum Gasteiger partial charge on any atom is 0.190 e. The molecule has 0 radical (unpaired) electrons. The lowest BCUT2D eigenvalue weighted by molar-refractivity contribution is 0.591. The zero-order valence-electron chi connectivity index (χ0n) is 25.9. The van der Waals surface area contributed by atoms with E-state index in [-0.39, 0.29) is 21.7 Å². The molecule has 3 aromatic carbocycles. The van der Waals surface area contributed by atoms with Gasteiger partial charge in [0.2, 0.25) is 0 Å².